The molecule has 0 bridgehead atoms. The first kappa shape index (κ1) is 17.2. The first-order valence-electron chi connectivity index (χ1n) is 8.38. The van der Waals surface area contributed by atoms with Crippen LogP contribution in [0.25, 0.3) is 0 Å². The molecule has 0 spiro atoms. The Labute approximate surface area is 147 Å². The van der Waals surface area contributed by atoms with E-state index in [9.17, 15) is 9.59 Å². The Kier molecular flexibility index (Phi) is 5.14. The van der Waals surface area contributed by atoms with Gasteiger partial charge in [-0.05, 0) is 36.8 Å². The van der Waals surface area contributed by atoms with Crippen LogP contribution >= 0.6 is 0 Å². The molecule has 1 aliphatic rings. The molecule has 130 valence electrons. The molecule has 5 heteroatoms. The Morgan fingerprint density at radius 2 is 1.76 bits per heavy atom. The fraction of sp³-hybridized carbons (Fsp3) is 0.300. The van der Waals surface area contributed by atoms with Crippen LogP contribution in [0.5, 0.6) is 5.75 Å². The Balaban J connectivity index is 1.67. The first-order chi connectivity index (χ1) is 12.1. The van der Waals surface area contributed by atoms with E-state index < -0.39 is 0 Å². The highest BCUT2D eigenvalue weighted by atomic mass is 16.5. The molecule has 1 aliphatic heterocycles. The van der Waals surface area contributed by atoms with Gasteiger partial charge in [0.2, 0.25) is 5.91 Å². The minimum Gasteiger partial charge on any atom is -0.497 e. The number of carbonyl (C=O) groups is 2. The molecule has 2 aromatic rings. The van der Waals surface area contributed by atoms with Crippen LogP contribution in [0.2, 0.25) is 0 Å². The van der Waals surface area contributed by atoms with Gasteiger partial charge in [-0.1, -0.05) is 30.3 Å². The number of methoxy groups -OCH3 is 1. The lowest BCUT2D eigenvalue weighted by atomic mass is 10.1. The van der Waals surface area contributed by atoms with Crippen molar-refractivity contribution >= 4 is 11.8 Å². The highest BCUT2D eigenvalue weighted by Crippen LogP contribution is 2.19. The summed E-state index contributed by atoms with van der Waals surface area (Å²) in [5, 5.41) is 0. The van der Waals surface area contributed by atoms with E-state index >= 15 is 0 Å². The molecule has 0 N–H and O–H groups in total. The van der Waals surface area contributed by atoms with Crippen molar-refractivity contribution < 1.29 is 14.3 Å². The lowest BCUT2D eigenvalue weighted by molar-refractivity contribution is -0.138. The number of carbonyl (C=O) groups excluding carboxylic acids is 2. The average molecular weight is 338 g/mol. The van der Waals surface area contributed by atoms with Crippen LogP contribution in [0.15, 0.2) is 54.6 Å². The fourth-order valence-corrected chi connectivity index (χ4v) is 3.03. The molecule has 2 aromatic carbocycles. The van der Waals surface area contributed by atoms with Crippen molar-refractivity contribution in [2.24, 2.45) is 0 Å². The van der Waals surface area contributed by atoms with E-state index in [1.165, 1.54) is 4.90 Å². The van der Waals surface area contributed by atoms with Gasteiger partial charge in [0.05, 0.1) is 13.2 Å². The van der Waals surface area contributed by atoms with Crippen molar-refractivity contribution in [3.63, 3.8) is 0 Å². The summed E-state index contributed by atoms with van der Waals surface area (Å²) in [5.74, 6) is 0.446. The number of amides is 2. The highest BCUT2D eigenvalue weighted by Gasteiger charge is 2.35. The summed E-state index contributed by atoms with van der Waals surface area (Å²) < 4.78 is 5.17. The lowest BCUT2D eigenvalue weighted by Gasteiger charge is -2.38. The van der Waals surface area contributed by atoms with Crippen molar-refractivity contribution in [2.75, 3.05) is 20.2 Å². The summed E-state index contributed by atoms with van der Waals surface area (Å²) in [4.78, 5) is 28.7. The van der Waals surface area contributed by atoms with E-state index in [4.69, 9.17) is 4.74 Å². The minimum absolute atomic E-state index is 0.145. The maximum atomic E-state index is 12.7. The fourth-order valence-electron chi connectivity index (χ4n) is 3.03. The van der Waals surface area contributed by atoms with E-state index in [1.807, 2.05) is 37.3 Å². The molecule has 3 rings (SSSR count). The molecule has 5 nitrogen and oxygen atoms in total. The Bertz CT molecular complexity index is 743. The second-order valence-corrected chi connectivity index (χ2v) is 6.16. The summed E-state index contributed by atoms with van der Waals surface area (Å²) in [6.45, 7) is 3.60. The number of rotatable bonds is 4. The van der Waals surface area contributed by atoms with Crippen LogP contribution in [0, 0.1) is 0 Å². The highest BCUT2D eigenvalue weighted by molar-refractivity contribution is 6.06. The van der Waals surface area contributed by atoms with Crippen LogP contribution in [-0.2, 0) is 11.3 Å². The van der Waals surface area contributed by atoms with Gasteiger partial charge in [-0.25, -0.2) is 0 Å². The van der Waals surface area contributed by atoms with Crippen molar-refractivity contribution in [3.05, 3.63) is 65.7 Å². The largest absolute Gasteiger partial charge is 0.497 e. The van der Waals surface area contributed by atoms with Gasteiger partial charge in [0.1, 0.15) is 5.75 Å². The molecule has 0 aromatic heterocycles. The predicted molar refractivity (Wildman–Crippen MR) is 95.4 cm³/mol. The number of hydrogen-bond donors (Lipinski definition) is 0. The van der Waals surface area contributed by atoms with Crippen LogP contribution in [0.3, 0.4) is 0 Å². The molecule has 0 aliphatic carbocycles. The summed E-state index contributed by atoms with van der Waals surface area (Å²) in [5.41, 5.74) is 1.66. The zero-order valence-electron chi connectivity index (χ0n) is 14.5. The average Bonchev–Trinajstić information content (AvgIpc) is 2.66. The van der Waals surface area contributed by atoms with Crippen LogP contribution in [0.1, 0.15) is 22.8 Å². The molecule has 0 radical (unpaired) electrons. The minimum atomic E-state index is -0.330. The summed E-state index contributed by atoms with van der Waals surface area (Å²) >= 11 is 0. The van der Waals surface area contributed by atoms with Crippen LogP contribution < -0.4 is 4.74 Å². The predicted octanol–water partition coefficient (Wildman–Crippen LogP) is 2.57. The van der Waals surface area contributed by atoms with Gasteiger partial charge in [-0.3, -0.25) is 19.4 Å². The van der Waals surface area contributed by atoms with E-state index in [2.05, 4.69) is 4.90 Å². The Morgan fingerprint density at radius 3 is 2.40 bits per heavy atom. The van der Waals surface area contributed by atoms with Gasteiger partial charge >= 0.3 is 0 Å². The summed E-state index contributed by atoms with van der Waals surface area (Å²) in [6.07, 6.45) is 0. The van der Waals surface area contributed by atoms with Gasteiger partial charge in [-0.15, -0.1) is 0 Å². The molecule has 1 saturated heterocycles. The quantitative estimate of drug-likeness (QED) is 0.804. The van der Waals surface area contributed by atoms with Gasteiger partial charge in [0.25, 0.3) is 5.91 Å². The van der Waals surface area contributed by atoms with Crippen LogP contribution in [-0.4, -0.2) is 47.9 Å². The number of ether oxygens (including phenoxy) is 1. The zero-order valence-corrected chi connectivity index (χ0v) is 14.5. The summed E-state index contributed by atoms with van der Waals surface area (Å²) in [6, 6.07) is 16.4. The standard InChI is InChI=1S/C20H22N2O3/c1-15-19(23)22(20(24)17-6-4-3-5-7-17)13-12-21(15)14-16-8-10-18(25-2)11-9-16/h3-11,15H,12-14H2,1-2H3. The number of nitrogens with zero attached hydrogens (tertiary/aromatic N) is 2. The van der Waals surface area contributed by atoms with E-state index in [0.29, 0.717) is 25.2 Å². The van der Waals surface area contributed by atoms with Crippen molar-refractivity contribution in [1.82, 2.24) is 9.80 Å². The zero-order chi connectivity index (χ0) is 17.8. The second kappa shape index (κ2) is 7.49. The van der Waals surface area contributed by atoms with Crippen molar-refractivity contribution in [3.8, 4) is 5.75 Å². The molecule has 1 fully saturated rings. The number of hydrogen-bond acceptors (Lipinski definition) is 4. The number of piperazine rings is 1. The topological polar surface area (TPSA) is 49.9 Å². The molecule has 25 heavy (non-hydrogen) atoms. The number of benzene rings is 2. The third-order valence-corrected chi connectivity index (χ3v) is 4.59. The molecular formula is C20H22N2O3. The van der Waals surface area contributed by atoms with E-state index in [0.717, 1.165) is 11.3 Å². The van der Waals surface area contributed by atoms with E-state index in [1.54, 1.807) is 31.4 Å². The van der Waals surface area contributed by atoms with Gasteiger partial charge < -0.3 is 4.74 Å². The SMILES string of the molecule is COc1ccc(CN2CCN(C(=O)c3ccccc3)C(=O)C2C)cc1. The maximum Gasteiger partial charge on any atom is 0.260 e. The molecule has 1 unspecified atom stereocenters. The van der Waals surface area contributed by atoms with Crippen molar-refractivity contribution in [2.45, 2.75) is 19.5 Å². The molecule has 1 heterocycles. The van der Waals surface area contributed by atoms with Gasteiger partial charge in [0, 0.05) is 25.2 Å². The normalized spacial score (nSPS) is 18.2. The van der Waals surface area contributed by atoms with E-state index in [-0.39, 0.29) is 17.9 Å². The molecule has 1 atom stereocenters. The second-order valence-electron chi connectivity index (χ2n) is 6.16. The van der Waals surface area contributed by atoms with Crippen molar-refractivity contribution in [1.29, 1.82) is 0 Å². The maximum absolute atomic E-state index is 12.7. The van der Waals surface area contributed by atoms with Crippen LogP contribution in [0.4, 0.5) is 0 Å². The monoisotopic (exact) mass is 338 g/mol. The Hall–Kier alpha value is -2.66. The van der Waals surface area contributed by atoms with Gasteiger partial charge in [0.15, 0.2) is 0 Å². The summed E-state index contributed by atoms with van der Waals surface area (Å²) in [7, 11) is 1.64. The number of imide groups is 1. The molecular weight excluding hydrogens is 316 g/mol. The third-order valence-electron chi connectivity index (χ3n) is 4.59. The first-order valence-corrected chi connectivity index (χ1v) is 8.38. The lowest BCUT2D eigenvalue weighted by Crippen LogP contribution is -2.57. The molecule has 2 amide bonds. The van der Waals surface area contributed by atoms with Gasteiger partial charge in [-0.2, -0.15) is 0 Å². The Morgan fingerprint density at radius 1 is 1.08 bits per heavy atom. The smallest absolute Gasteiger partial charge is 0.260 e. The third kappa shape index (κ3) is 3.72. The molecule has 0 saturated carbocycles.